The van der Waals surface area contributed by atoms with Gasteiger partial charge in [0.15, 0.2) is 0 Å². The summed E-state index contributed by atoms with van der Waals surface area (Å²) in [7, 11) is 0. The number of allylic oxidation sites excluding steroid dienone is 4. The second-order valence-corrected chi connectivity index (χ2v) is 12.1. The molecule has 4 nitrogen and oxygen atoms in total. The lowest BCUT2D eigenvalue weighted by Crippen LogP contribution is -2.02. The van der Waals surface area contributed by atoms with Crippen LogP contribution in [0.5, 0.6) is 0 Å². The molecule has 8 aromatic rings. The van der Waals surface area contributed by atoms with Gasteiger partial charge in [0.25, 0.3) is 0 Å². The maximum Gasteiger partial charge on any atom is 0.144 e. The second-order valence-electron chi connectivity index (χ2n) is 12.1. The molecule has 0 fully saturated rings. The Balaban J connectivity index is 1.20. The third kappa shape index (κ3) is 5.16. The number of para-hydroxylation sites is 4. The van der Waals surface area contributed by atoms with Gasteiger partial charge in [0, 0.05) is 33.0 Å². The van der Waals surface area contributed by atoms with Crippen LogP contribution >= 0.6 is 0 Å². The molecule has 0 saturated heterocycles. The van der Waals surface area contributed by atoms with Crippen molar-refractivity contribution in [1.82, 2.24) is 9.97 Å². The number of nitrogens with zero attached hydrogens (tertiary/aromatic N) is 3. The Morgan fingerprint density at radius 2 is 1.08 bits per heavy atom. The number of benzene rings is 6. The summed E-state index contributed by atoms with van der Waals surface area (Å²) in [6.45, 7) is 4.42. The fourth-order valence-electron chi connectivity index (χ4n) is 6.58. The van der Waals surface area contributed by atoms with Gasteiger partial charge < -0.3 is 4.42 Å². The van der Waals surface area contributed by atoms with Crippen molar-refractivity contribution in [2.75, 3.05) is 0 Å². The Kier molecular flexibility index (Phi) is 6.91. The lowest BCUT2D eigenvalue weighted by atomic mass is 9.98. The van der Waals surface area contributed by atoms with Crippen LogP contribution in [-0.2, 0) is 0 Å². The van der Waals surface area contributed by atoms with Gasteiger partial charge in [0.2, 0.25) is 0 Å². The first-order valence-electron chi connectivity index (χ1n) is 16.3. The quantitative estimate of drug-likeness (QED) is 0.191. The molecule has 4 heteroatoms. The smallest absolute Gasteiger partial charge is 0.144 e. The fraction of sp³-hybridized carbons (Fsp3) is 0. The third-order valence-corrected chi connectivity index (χ3v) is 9.00. The highest BCUT2D eigenvalue weighted by atomic mass is 16.3. The minimum absolute atomic E-state index is 0.778. The SMILES string of the molecule is C=C1C=C(c2ccccc2)C=C(c2ccc(-c3nc4ccccc4nc3-c3cccc4c3oc3ccccc34)cc2)N=C1c1ccccc1. The van der Waals surface area contributed by atoms with Crippen LogP contribution in [0.15, 0.2) is 185 Å². The fourth-order valence-corrected chi connectivity index (χ4v) is 6.58. The first-order chi connectivity index (χ1) is 24.2. The van der Waals surface area contributed by atoms with Crippen molar-refractivity contribution in [2.24, 2.45) is 4.99 Å². The zero-order chi connectivity index (χ0) is 32.7. The van der Waals surface area contributed by atoms with Crippen LogP contribution in [0.1, 0.15) is 16.7 Å². The van der Waals surface area contributed by atoms with Crippen LogP contribution in [0.4, 0.5) is 0 Å². The average Bonchev–Trinajstić information content (AvgIpc) is 3.45. The first kappa shape index (κ1) is 28.6. The zero-order valence-electron chi connectivity index (χ0n) is 26.5. The number of furan rings is 1. The minimum atomic E-state index is 0.778. The zero-order valence-corrected chi connectivity index (χ0v) is 26.5. The summed E-state index contributed by atoms with van der Waals surface area (Å²) in [4.78, 5) is 15.6. The van der Waals surface area contributed by atoms with E-state index in [-0.39, 0.29) is 0 Å². The molecule has 0 bridgehead atoms. The van der Waals surface area contributed by atoms with Crippen molar-refractivity contribution >= 4 is 50.0 Å². The highest BCUT2D eigenvalue weighted by molar-refractivity contribution is 6.18. The molecule has 0 atom stereocenters. The molecule has 0 spiro atoms. The number of hydrogen-bond donors (Lipinski definition) is 0. The van der Waals surface area contributed by atoms with Crippen molar-refractivity contribution in [3.63, 3.8) is 0 Å². The molecule has 2 aromatic heterocycles. The number of hydrogen-bond acceptors (Lipinski definition) is 4. The van der Waals surface area contributed by atoms with Gasteiger partial charge in [-0.2, -0.15) is 0 Å². The molecule has 3 heterocycles. The van der Waals surface area contributed by atoms with Gasteiger partial charge in [0.1, 0.15) is 16.9 Å². The van der Waals surface area contributed by atoms with Gasteiger partial charge in [0.05, 0.1) is 28.1 Å². The predicted octanol–water partition coefficient (Wildman–Crippen LogP) is 11.3. The van der Waals surface area contributed by atoms with E-state index in [1.807, 2.05) is 66.7 Å². The summed E-state index contributed by atoms with van der Waals surface area (Å²) in [5.41, 5.74) is 13.5. The lowest BCUT2D eigenvalue weighted by Gasteiger charge is -2.12. The van der Waals surface area contributed by atoms with Gasteiger partial charge in [-0.25, -0.2) is 15.0 Å². The molecule has 1 aliphatic rings. The van der Waals surface area contributed by atoms with Crippen molar-refractivity contribution in [3.8, 4) is 22.5 Å². The summed E-state index contributed by atoms with van der Waals surface area (Å²) in [6.07, 6.45) is 4.27. The van der Waals surface area contributed by atoms with Crippen LogP contribution in [0.2, 0.25) is 0 Å². The van der Waals surface area contributed by atoms with Crippen LogP contribution < -0.4 is 0 Å². The molecular weight excluding hydrogens is 599 g/mol. The largest absolute Gasteiger partial charge is 0.455 e. The molecule has 6 aromatic carbocycles. The molecule has 9 rings (SSSR count). The molecular formula is C45H29N3O. The van der Waals surface area contributed by atoms with E-state index in [0.717, 1.165) is 94.7 Å². The van der Waals surface area contributed by atoms with Gasteiger partial charge in [-0.05, 0) is 53.1 Å². The first-order valence-corrected chi connectivity index (χ1v) is 16.3. The average molecular weight is 628 g/mol. The van der Waals surface area contributed by atoms with Gasteiger partial charge in [-0.15, -0.1) is 0 Å². The van der Waals surface area contributed by atoms with Gasteiger partial charge >= 0.3 is 0 Å². The minimum Gasteiger partial charge on any atom is -0.455 e. The van der Waals surface area contributed by atoms with E-state index < -0.39 is 0 Å². The topological polar surface area (TPSA) is 51.3 Å². The summed E-state index contributed by atoms with van der Waals surface area (Å²) in [5, 5.41) is 2.14. The molecule has 1 aliphatic heterocycles. The van der Waals surface area contributed by atoms with E-state index in [1.165, 1.54) is 0 Å². The molecule has 230 valence electrons. The predicted molar refractivity (Wildman–Crippen MR) is 202 cm³/mol. The van der Waals surface area contributed by atoms with E-state index in [4.69, 9.17) is 19.4 Å². The van der Waals surface area contributed by atoms with Crippen LogP contribution in [0.3, 0.4) is 0 Å². The van der Waals surface area contributed by atoms with Crippen molar-refractivity contribution in [3.05, 3.63) is 193 Å². The lowest BCUT2D eigenvalue weighted by molar-refractivity contribution is 0.670. The molecule has 0 unspecified atom stereocenters. The summed E-state index contributed by atoms with van der Waals surface area (Å²) < 4.78 is 6.45. The Labute approximate surface area is 283 Å². The molecule has 0 aliphatic carbocycles. The number of aromatic nitrogens is 2. The van der Waals surface area contributed by atoms with Crippen molar-refractivity contribution < 1.29 is 4.42 Å². The normalized spacial score (nSPS) is 13.3. The van der Waals surface area contributed by atoms with E-state index >= 15 is 0 Å². The Bertz CT molecular complexity index is 2650. The molecule has 0 saturated carbocycles. The highest BCUT2D eigenvalue weighted by Crippen LogP contribution is 2.39. The van der Waals surface area contributed by atoms with E-state index in [1.54, 1.807) is 0 Å². The molecule has 49 heavy (non-hydrogen) atoms. The number of aliphatic imine (C=N–C) groups is 1. The Hall–Kier alpha value is -6.65. The Morgan fingerprint density at radius 1 is 0.469 bits per heavy atom. The van der Waals surface area contributed by atoms with Crippen molar-refractivity contribution in [1.29, 1.82) is 0 Å². The van der Waals surface area contributed by atoms with Crippen LogP contribution in [0, 0.1) is 0 Å². The molecule has 0 amide bonds. The monoisotopic (exact) mass is 627 g/mol. The maximum absolute atomic E-state index is 6.45. The summed E-state index contributed by atoms with van der Waals surface area (Å²) in [5.74, 6) is 0. The van der Waals surface area contributed by atoms with Gasteiger partial charge in [-0.3, -0.25) is 0 Å². The summed E-state index contributed by atoms with van der Waals surface area (Å²) in [6, 6.07) is 51.4. The Morgan fingerprint density at radius 3 is 1.84 bits per heavy atom. The van der Waals surface area contributed by atoms with Gasteiger partial charge in [-0.1, -0.05) is 134 Å². The number of rotatable bonds is 5. The number of fused-ring (bicyclic) bond motifs is 4. The third-order valence-electron chi connectivity index (χ3n) is 9.00. The van der Waals surface area contributed by atoms with Crippen LogP contribution in [0.25, 0.3) is 66.8 Å². The summed E-state index contributed by atoms with van der Waals surface area (Å²) >= 11 is 0. The van der Waals surface area contributed by atoms with E-state index in [9.17, 15) is 0 Å². The highest BCUT2D eigenvalue weighted by Gasteiger charge is 2.20. The van der Waals surface area contributed by atoms with Crippen LogP contribution in [-0.4, -0.2) is 15.7 Å². The second kappa shape index (κ2) is 11.9. The maximum atomic E-state index is 6.45. The molecule has 0 N–H and O–H groups in total. The van der Waals surface area contributed by atoms with E-state index in [2.05, 4.69) is 104 Å². The molecule has 0 radical (unpaired) electrons. The standard InChI is InChI=1S/C45H29N3O/c1-29-27-34(30-13-4-2-5-14-30)28-40(48-42(29)32-15-6-3-7-16-32)31-23-25-33(26-24-31)43-44(47-39-21-10-9-20-38(39)46-43)37-19-12-18-36-35-17-8-11-22-41(35)49-45(36)37/h2-28H,1H2. The van der Waals surface area contributed by atoms with Crippen molar-refractivity contribution in [2.45, 2.75) is 0 Å². The van der Waals surface area contributed by atoms with E-state index in [0.29, 0.717) is 0 Å².